The van der Waals surface area contributed by atoms with Crippen LogP contribution in [0.5, 0.6) is 0 Å². The molecule has 1 aliphatic carbocycles. The van der Waals surface area contributed by atoms with E-state index in [1.807, 2.05) is 0 Å². The molecule has 0 radical (unpaired) electrons. The fourth-order valence-corrected chi connectivity index (χ4v) is 2.64. The zero-order chi connectivity index (χ0) is 17.3. The maximum Gasteiger partial charge on any atom is 0.337 e. The van der Waals surface area contributed by atoms with Gasteiger partial charge in [-0.05, 0) is 49.6 Å². The van der Waals surface area contributed by atoms with Gasteiger partial charge in [0, 0.05) is 12.6 Å². The number of aromatic nitrogens is 1. The van der Waals surface area contributed by atoms with E-state index in [1.165, 1.54) is 24.3 Å². The van der Waals surface area contributed by atoms with Gasteiger partial charge in [-0.2, -0.15) is 0 Å². The molecule has 1 saturated carbocycles. The van der Waals surface area contributed by atoms with Crippen LogP contribution in [0.1, 0.15) is 44.9 Å². The highest BCUT2D eigenvalue weighted by Gasteiger charge is 2.33. The van der Waals surface area contributed by atoms with Crippen molar-refractivity contribution in [2.75, 3.05) is 0 Å². The monoisotopic (exact) mass is 328 g/mol. The lowest BCUT2D eigenvalue weighted by molar-refractivity contribution is 0.0688. The molecule has 5 nitrogen and oxygen atoms in total. The Morgan fingerprint density at radius 3 is 2.62 bits per heavy atom. The lowest BCUT2D eigenvalue weighted by atomic mass is 10.1. The van der Waals surface area contributed by atoms with Gasteiger partial charge in [0.2, 0.25) is 0 Å². The number of aromatic carboxylic acids is 1. The number of rotatable bonds is 5. The second-order valence-electron chi connectivity index (χ2n) is 5.93. The number of pyridine rings is 1. The molecular formula is C18H17FN2O3. The summed E-state index contributed by atoms with van der Waals surface area (Å²) in [7, 11) is 0. The third kappa shape index (κ3) is 3.42. The standard InChI is InChI=1S/C18H17FN2O3/c1-11-15(18(23)24)7-8-16(20-11)17(22)21(14-5-6-14)10-12-3-2-4-13(19)9-12/h2-4,7-9,14H,5-6,10H2,1H3,(H,23,24). The quantitative estimate of drug-likeness (QED) is 0.916. The largest absolute Gasteiger partial charge is 0.478 e. The normalized spacial score (nSPS) is 13.6. The van der Waals surface area contributed by atoms with Crippen molar-refractivity contribution in [2.45, 2.75) is 32.4 Å². The molecule has 1 aromatic heterocycles. The average Bonchev–Trinajstić information content (AvgIpc) is 3.36. The Morgan fingerprint density at radius 2 is 2.04 bits per heavy atom. The van der Waals surface area contributed by atoms with Crippen LogP contribution < -0.4 is 0 Å². The Balaban J connectivity index is 1.85. The van der Waals surface area contributed by atoms with Crippen LogP contribution in [0.4, 0.5) is 4.39 Å². The van der Waals surface area contributed by atoms with Crippen LogP contribution in [0.3, 0.4) is 0 Å². The van der Waals surface area contributed by atoms with Gasteiger partial charge in [-0.25, -0.2) is 14.2 Å². The number of benzene rings is 1. The minimum Gasteiger partial charge on any atom is -0.478 e. The molecule has 1 N–H and O–H groups in total. The molecule has 6 heteroatoms. The molecule has 0 aliphatic heterocycles. The lowest BCUT2D eigenvalue weighted by Gasteiger charge is -2.22. The number of carbonyl (C=O) groups is 2. The summed E-state index contributed by atoms with van der Waals surface area (Å²) in [5.41, 5.74) is 1.31. The first kappa shape index (κ1) is 16.1. The summed E-state index contributed by atoms with van der Waals surface area (Å²) in [6.45, 7) is 1.87. The Morgan fingerprint density at radius 1 is 1.29 bits per heavy atom. The van der Waals surface area contributed by atoms with Gasteiger partial charge in [0.25, 0.3) is 5.91 Å². The topological polar surface area (TPSA) is 70.5 Å². The van der Waals surface area contributed by atoms with E-state index >= 15 is 0 Å². The maximum absolute atomic E-state index is 13.4. The van der Waals surface area contributed by atoms with Crippen LogP contribution in [0.2, 0.25) is 0 Å². The van der Waals surface area contributed by atoms with E-state index in [0.717, 1.165) is 12.8 Å². The van der Waals surface area contributed by atoms with E-state index < -0.39 is 5.97 Å². The maximum atomic E-state index is 13.4. The van der Waals surface area contributed by atoms with Gasteiger partial charge < -0.3 is 10.0 Å². The molecule has 1 fully saturated rings. The second kappa shape index (κ2) is 6.39. The number of carboxylic acids is 1. The molecule has 1 amide bonds. The molecule has 24 heavy (non-hydrogen) atoms. The Kier molecular flexibility index (Phi) is 4.29. The van der Waals surface area contributed by atoms with Crippen LogP contribution in [-0.2, 0) is 6.54 Å². The molecule has 0 atom stereocenters. The minimum atomic E-state index is -1.07. The van der Waals surface area contributed by atoms with E-state index in [9.17, 15) is 14.0 Å². The smallest absolute Gasteiger partial charge is 0.337 e. The molecule has 0 saturated heterocycles. The van der Waals surface area contributed by atoms with Gasteiger partial charge in [-0.15, -0.1) is 0 Å². The van der Waals surface area contributed by atoms with Gasteiger partial charge in [0.15, 0.2) is 0 Å². The predicted molar refractivity (Wildman–Crippen MR) is 85.2 cm³/mol. The number of hydrogen-bond acceptors (Lipinski definition) is 3. The summed E-state index contributed by atoms with van der Waals surface area (Å²) in [6, 6.07) is 9.12. The summed E-state index contributed by atoms with van der Waals surface area (Å²) in [5.74, 6) is -1.67. The number of halogens is 1. The van der Waals surface area contributed by atoms with Crippen LogP contribution in [-0.4, -0.2) is 32.9 Å². The zero-order valence-corrected chi connectivity index (χ0v) is 13.2. The van der Waals surface area contributed by atoms with Crippen molar-refractivity contribution < 1.29 is 19.1 Å². The van der Waals surface area contributed by atoms with Crippen molar-refractivity contribution >= 4 is 11.9 Å². The molecule has 1 aliphatic rings. The van der Waals surface area contributed by atoms with Crippen LogP contribution >= 0.6 is 0 Å². The summed E-state index contributed by atoms with van der Waals surface area (Å²) >= 11 is 0. The summed E-state index contributed by atoms with van der Waals surface area (Å²) < 4.78 is 13.4. The van der Waals surface area contributed by atoms with Gasteiger partial charge in [-0.3, -0.25) is 4.79 Å². The number of aryl methyl sites for hydroxylation is 1. The highest BCUT2D eigenvalue weighted by atomic mass is 19.1. The molecule has 0 bridgehead atoms. The van der Waals surface area contributed by atoms with E-state index in [1.54, 1.807) is 24.0 Å². The second-order valence-corrected chi connectivity index (χ2v) is 5.93. The molecule has 124 valence electrons. The molecule has 3 rings (SSSR count). The van der Waals surface area contributed by atoms with E-state index in [-0.39, 0.29) is 29.0 Å². The molecule has 1 heterocycles. The number of carboxylic acid groups (broad SMARTS) is 1. The molecular weight excluding hydrogens is 311 g/mol. The molecule has 1 aromatic carbocycles. The average molecular weight is 328 g/mol. The summed E-state index contributed by atoms with van der Waals surface area (Å²) in [4.78, 5) is 29.6. The Hall–Kier alpha value is -2.76. The van der Waals surface area contributed by atoms with Gasteiger partial charge >= 0.3 is 5.97 Å². The summed E-state index contributed by atoms with van der Waals surface area (Å²) in [6.07, 6.45) is 1.82. The highest BCUT2D eigenvalue weighted by molar-refractivity contribution is 5.94. The van der Waals surface area contributed by atoms with Crippen molar-refractivity contribution in [3.8, 4) is 0 Å². The first-order valence-corrected chi connectivity index (χ1v) is 7.72. The Bertz CT molecular complexity index is 803. The number of hydrogen-bond donors (Lipinski definition) is 1. The number of amides is 1. The third-order valence-electron chi connectivity index (χ3n) is 4.03. The molecule has 0 unspecified atom stereocenters. The predicted octanol–water partition coefficient (Wildman–Crippen LogP) is 3.03. The van der Waals surface area contributed by atoms with Gasteiger partial charge in [0.05, 0.1) is 11.3 Å². The minimum absolute atomic E-state index is 0.0784. The van der Waals surface area contributed by atoms with E-state index in [4.69, 9.17) is 5.11 Å². The first-order valence-electron chi connectivity index (χ1n) is 7.72. The van der Waals surface area contributed by atoms with Crippen molar-refractivity contribution in [1.82, 2.24) is 9.88 Å². The van der Waals surface area contributed by atoms with E-state index in [0.29, 0.717) is 17.8 Å². The van der Waals surface area contributed by atoms with E-state index in [2.05, 4.69) is 4.98 Å². The van der Waals surface area contributed by atoms with Crippen LogP contribution in [0.15, 0.2) is 36.4 Å². The number of carbonyl (C=O) groups excluding carboxylic acids is 1. The molecule has 0 spiro atoms. The SMILES string of the molecule is Cc1nc(C(=O)N(Cc2cccc(F)c2)C2CC2)ccc1C(=O)O. The fourth-order valence-electron chi connectivity index (χ4n) is 2.64. The highest BCUT2D eigenvalue weighted by Crippen LogP contribution is 2.29. The van der Waals surface area contributed by atoms with Crippen molar-refractivity contribution in [3.05, 3.63) is 64.7 Å². The lowest BCUT2D eigenvalue weighted by Crippen LogP contribution is -2.33. The van der Waals surface area contributed by atoms with Crippen molar-refractivity contribution in [1.29, 1.82) is 0 Å². The Labute approximate surface area is 138 Å². The number of nitrogens with zero attached hydrogens (tertiary/aromatic N) is 2. The summed E-state index contributed by atoms with van der Waals surface area (Å²) in [5, 5.41) is 9.05. The molecule has 2 aromatic rings. The van der Waals surface area contributed by atoms with Crippen molar-refractivity contribution in [3.63, 3.8) is 0 Å². The zero-order valence-electron chi connectivity index (χ0n) is 13.2. The van der Waals surface area contributed by atoms with Gasteiger partial charge in [-0.1, -0.05) is 12.1 Å². The van der Waals surface area contributed by atoms with Crippen LogP contribution in [0, 0.1) is 12.7 Å². The fraction of sp³-hybridized carbons (Fsp3) is 0.278. The third-order valence-corrected chi connectivity index (χ3v) is 4.03. The van der Waals surface area contributed by atoms with Crippen molar-refractivity contribution in [2.24, 2.45) is 0 Å². The first-order chi connectivity index (χ1) is 11.5. The van der Waals surface area contributed by atoms with Gasteiger partial charge in [0.1, 0.15) is 11.5 Å². The van der Waals surface area contributed by atoms with Crippen LogP contribution in [0.25, 0.3) is 0 Å².